The smallest absolute Gasteiger partial charge is 0.328 e. The molecule has 0 radical (unpaired) electrons. The van der Waals surface area contributed by atoms with Gasteiger partial charge in [-0.05, 0) is 6.42 Å². The molecule has 1 rings (SSSR count). The molecule has 0 aromatic rings. The number of rotatable bonds is 3. The van der Waals surface area contributed by atoms with Crippen LogP contribution < -0.4 is 0 Å². The first kappa shape index (κ1) is 12.0. The maximum Gasteiger partial charge on any atom is 0.328 e. The Labute approximate surface area is 89.0 Å². The van der Waals surface area contributed by atoms with E-state index < -0.39 is 12.0 Å². The van der Waals surface area contributed by atoms with Crippen LogP contribution in [0.5, 0.6) is 0 Å². The van der Waals surface area contributed by atoms with E-state index >= 15 is 0 Å². The Morgan fingerprint density at radius 3 is 2.80 bits per heavy atom. The van der Waals surface area contributed by atoms with Gasteiger partial charge < -0.3 is 14.7 Å². The van der Waals surface area contributed by atoms with Crippen LogP contribution in [0.25, 0.3) is 0 Å². The summed E-state index contributed by atoms with van der Waals surface area (Å²) in [5.74, 6) is -1.20. The molecule has 5 heteroatoms. The van der Waals surface area contributed by atoms with E-state index in [1.807, 2.05) is 13.8 Å². The highest BCUT2D eigenvalue weighted by Crippen LogP contribution is 2.13. The van der Waals surface area contributed by atoms with E-state index in [2.05, 4.69) is 0 Å². The number of morpholine rings is 1. The summed E-state index contributed by atoms with van der Waals surface area (Å²) < 4.78 is 5.06. The quantitative estimate of drug-likeness (QED) is 0.737. The summed E-state index contributed by atoms with van der Waals surface area (Å²) in [5.41, 5.74) is 0. The maximum absolute atomic E-state index is 11.9. The zero-order chi connectivity index (χ0) is 11.4. The van der Waals surface area contributed by atoms with Crippen LogP contribution in [0.15, 0.2) is 0 Å². The van der Waals surface area contributed by atoms with Gasteiger partial charge >= 0.3 is 5.97 Å². The van der Waals surface area contributed by atoms with Gasteiger partial charge in [-0.25, -0.2) is 4.79 Å². The second-order valence-electron chi connectivity index (χ2n) is 3.77. The first-order valence-corrected chi connectivity index (χ1v) is 5.19. The summed E-state index contributed by atoms with van der Waals surface area (Å²) in [6, 6.07) is -0.819. The summed E-state index contributed by atoms with van der Waals surface area (Å²) in [7, 11) is 0. The minimum atomic E-state index is -0.994. The Hall–Kier alpha value is -1.10. The molecule has 1 saturated heterocycles. The van der Waals surface area contributed by atoms with Crippen LogP contribution in [0.2, 0.25) is 0 Å². The Balaban J connectivity index is 2.71. The summed E-state index contributed by atoms with van der Waals surface area (Å²) in [4.78, 5) is 24.2. The minimum absolute atomic E-state index is 0.0896. The third-order valence-corrected chi connectivity index (χ3v) is 2.73. The highest BCUT2D eigenvalue weighted by Gasteiger charge is 2.34. The van der Waals surface area contributed by atoms with Crippen molar-refractivity contribution in [2.75, 3.05) is 19.8 Å². The van der Waals surface area contributed by atoms with E-state index in [-0.39, 0.29) is 18.4 Å². The first-order valence-electron chi connectivity index (χ1n) is 5.19. The third kappa shape index (κ3) is 2.68. The molecule has 2 atom stereocenters. The normalized spacial score (nSPS) is 23.6. The molecule has 1 amide bonds. The van der Waals surface area contributed by atoms with Crippen LogP contribution >= 0.6 is 0 Å². The van der Waals surface area contributed by atoms with Gasteiger partial charge in [0.05, 0.1) is 13.2 Å². The maximum atomic E-state index is 11.9. The van der Waals surface area contributed by atoms with Gasteiger partial charge in [0.2, 0.25) is 5.91 Å². The SMILES string of the molecule is CCC(C)C(=O)N1CCOCC1C(=O)O. The third-order valence-electron chi connectivity index (χ3n) is 2.73. The molecule has 0 spiro atoms. The van der Waals surface area contributed by atoms with Gasteiger partial charge in [-0.1, -0.05) is 13.8 Å². The topological polar surface area (TPSA) is 66.8 Å². The largest absolute Gasteiger partial charge is 0.480 e. The number of hydrogen-bond donors (Lipinski definition) is 1. The lowest BCUT2D eigenvalue weighted by Crippen LogP contribution is -2.53. The summed E-state index contributed by atoms with van der Waals surface area (Å²) >= 11 is 0. The Bertz CT molecular complexity index is 254. The van der Waals surface area contributed by atoms with Gasteiger partial charge in [0.1, 0.15) is 0 Å². The number of nitrogens with zero attached hydrogens (tertiary/aromatic N) is 1. The van der Waals surface area contributed by atoms with Crippen molar-refractivity contribution in [3.05, 3.63) is 0 Å². The molecule has 1 aliphatic heterocycles. The van der Waals surface area contributed by atoms with E-state index in [0.29, 0.717) is 13.2 Å². The molecule has 15 heavy (non-hydrogen) atoms. The molecule has 0 saturated carbocycles. The zero-order valence-electron chi connectivity index (χ0n) is 9.10. The van der Waals surface area contributed by atoms with Crippen LogP contribution in [0.4, 0.5) is 0 Å². The van der Waals surface area contributed by atoms with Crippen molar-refractivity contribution in [3.8, 4) is 0 Å². The molecule has 0 aliphatic carbocycles. The molecule has 86 valence electrons. The number of hydrogen-bond acceptors (Lipinski definition) is 3. The van der Waals surface area contributed by atoms with Crippen LogP contribution in [0, 0.1) is 5.92 Å². The molecular weight excluding hydrogens is 198 g/mol. The number of carbonyl (C=O) groups excluding carboxylic acids is 1. The summed E-state index contributed by atoms with van der Waals surface area (Å²) in [6.07, 6.45) is 0.725. The minimum Gasteiger partial charge on any atom is -0.480 e. The lowest BCUT2D eigenvalue weighted by Gasteiger charge is -2.34. The van der Waals surface area contributed by atoms with Crippen LogP contribution in [0.1, 0.15) is 20.3 Å². The Kier molecular flexibility index (Phi) is 4.08. The van der Waals surface area contributed by atoms with Crippen molar-refractivity contribution >= 4 is 11.9 Å². The summed E-state index contributed by atoms with van der Waals surface area (Å²) in [5, 5.41) is 8.94. The van der Waals surface area contributed by atoms with Crippen molar-refractivity contribution in [2.45, 2.75) is 26.3 Å². The molecule has 1 aliphatic rings. The standard InChI is InChI=1S/C10H17NO4/c1-3-7(2)9(12)11-4-5-15-6-8(11)10(13)14/h7-8H,3-6H2,1-2H3,(H,13,14). The Morgan fingerprint density at radius 2 is 2.27 bits per heavy atom. The predicted molar refractivity (Wildman–Crippen MR) is 53.4 cm³/mol. The van der Waals surface area contributed by atoms with Crippen molar-refractivity contribution < 1.29 is 19.4 Å². The van der Waals surface area contributed by atoms with Gasteiger partial charge in [0, 0.05) is 12.5 Å². The molecule has 5 nitrogen and oxygen atoms in total. The average molecular weight is 215 g/mol. The zero-order valence-corrected chi connectivity index (χ0v) is 9.10. The predicted octanol–water partition coefficient (Wildman–Crippen LogP) is 0.344. The lowest BCUT2D eigenvalue weighted by molar-refractivity contribution is -0.160. The molecule has 1 fully saturated rings. The van der Waals surface area contributed by atoms with E-state index in [0.717, 1.165) is 6.42 Å². The van der Waals surface area contributed by atoms with Crippen LogP contribution in [0.3, 0.4) is 0 Å². The number of aliphatic carboxylic acids is 1. The number of ether oxygens (including phenoxy) is 1. The van der Waals surface area contributed by atoms with Gasteiger partial charge in [0.15, 0.2) is 6.04 Å². The molecule has 0 aromatic heterocycles. The molecule has 1 heterocycles. The van der Waals surface area contributed by atoms with Crippen LogP contribution in [-0.4, -0.2) is 47.7 Å². The highest BCUT2D eigenvalue weighted by molar-refractivity contribution is 5.85. The van der Waals surface area contributed by atoms with Gasteiger partial charge in [-0.2, -0.15) is 0 Å². The van der Waals surface area contributed by atoms with Crippen molar-refractivity contribution in [3.63, 3.8) is 0 Å². The van der Waals surface area contributed by atoms with Crippen molar-refractivity contribution in [1.29, 1.82) is 0 Å². The molecule has 0 aromatic carbocycles. The van der Waals surface area contributed by atoms with E-state index in [9.17, 15) is 9.59 Å². The molecular formula is C10H17NO4. The van der Waals surface area contributed by atoms with Crippen molar-refractivity contribution in [2.24, 2.45) is 5.92 Å². The van der Waals surface area contributed by atoms with Crippen molar-refractivity contribution in [1.82, 2.24) is 4.90 Å². The Morgan fingerprint density at radius 1 is 1.60 bits per heavy atom. The first-order chi connectivity index (χ1) is 7.07. The highest BCUT2D eigenvalue weighted by atomic mass is 16.5. The molecule has 0 bridgehead atoms. The summed E-state index contributed by atoms with van der Waals surface area (Å²) in [6.45, 7) is 4.62. The molecule has 1 N–H and O–H groups in total. The lowest BCUT2D eigenvalue weighted by atomic mass is 10.1. The average Bonchev–Trinajstić information content (AvgIpc) is 2.27. The van der Waals surface area contributed by atoms with Gasteiger partial charge in [-0.3, -0.25) is 4.79 Å². The fourth-order valence-electron chi connectivity index (χ4n) is 1.53. The van der Waals surface area contributed by atoms with E-state index in [1.54, 1.807) is 0 Å². The number of carboxylic acids is 1. The van der Waals surface area contributed by atoms with Gasteiger partial charge in [-0.15, -0.1) is 0 Å². The fraction of sp³-hybridized carbons (Fsp3) is 0.800. The fourth-order valence-corrected chi connectivity index (χ4v) is 1.53. The van der Waals surface area contributed by atoms with E-state index in [1.165, 1.54) is 4.90 Å². The number of carboxylic acid groups (broad SMARTS) is 1. The van der Waals surface area contributed by atoms with Crippen LogP contribution in [-0.2, 0) is 14.3 Å². The molecule has 2 unspecified atom stereocenters. The van der Waals surface area contributed by atoms with Gasteiger partial charge in [0.25, 0.3) is 0 Å². The number of amides is 1. The number of carbonyl (C=O) groups is 2. The second kappa shape index (κ2) is 5.11. The monoisotopic (exact) mass is 215 g/mol. The second-order valence-corrected chi connectivity index (χ2v) is 3.77. The van der Waals surface area contributed by atoms with E-state index in [4.69, 9.17) is 9.84 Å².